The Hall–Kier alpha value is -0.840. The highest BCUT2D eigenvalue weighted by Gasteiger charge is 2.72. The lowest BCUT2D eigenvalue weighted by molar-refractivity contribution is -0.346. The Kier molecular flexibility index (Phi) is 9.40. The number of hydrogen-bond donors (Lipinski definition) is 6. The maximum atomic E-state index is 12.0. The molecule has 5 rings (SSSR count). The Morgan fingerprint density at radius 2 is 1.55 bits per heavy atom. The lowest BCUT2D eigenvalue weighted by Gasteiger charge is -2.72. The summed E-state index contributed by atoms with van der Waals surface area (Å²) in [4.78, 5) is 0. The number of ether oxygens (including phenoxy) is 2. The quantitative estimate of drug-likeness (QED) is 0.193. The van der Waals surface area contributed by atoms with Crippen LogP contribution < -0.4 is 0 Å². The highest BCUT2D eigenvalue weighted by atomic mass is 16.7. The van der Waals surface area contributed by atoms with Gasteiger partial charge in [0, 0.05) is 0 Å². The molecule has 0 radical (unpaired) electrons. The van der Waals surface area contributed by atoms with Gasteiger partial charge in [-0.05, 0) is 111 Å². The standard InChI is InChI=1S/C36H60O8/c1-19(2)10-9-11-20(3)21-12-15-35(7)27(21)22(38)16-25-34(6)14-13-26(39)33(4,5)31(34)23(17-36(25,35)8)43-32-30(42)29(41)28(40)24(18-37)44-32/h10-11,21-32,37-42H,9,12-18H2,1-8H3/b20-11-/t21-,22-,23+,24-,25-,26+,27+,28-,29+,30-,31+,32?,34-,35-,36-/m1/s1. The van der Waals surface area contributed by atoms with Crippen molar-refractivity contribution in [1.29, 1.82) is 0 Å². The lowest BCUT2D eigenvalue weighted by Crippen LogP contribution is -2.70. The number of fused-ring (bicyclic) bond motifs is 5. The van der Waals surface area contributed by atoms with E-state index in [9.17, 15) is 30.6 Å². The monoisotopic (exact) mass is 620 g/mol. The highest BCUT2D eigenvalue weighted by molar-refractivity contribution is 5.24. The molecule has 1 unspecified atom stereocenters. The Morgan fingerprint density at radius 3 is 2.18 bits per heavy atom. The van der Waals surface area contributed by atoms with Gasteiger partial charge >= 0.3 is 0 Å². The second kappa shape index (κ2) is 12.0. The van der Waals surface area contributed by atoms with Crippen molar-refractivity contribution >= 4 is 0 Å². The van der Waals surface area contributed by atoms with Crippen molar-refractivity contribution in [3.63, 3.8) is 0 Å². The fourth-order valence-electron chi connectivity index (χ4n) is 11.5. The van der Waals surface area contributed by atoms with Crippen molar-refractivity contribution in [2.24, 2.45) is 45.3 Å². The van der Waals surface area contributed by atoms with Gasteiger partial charge in [-0.15, -0.1) is 0 Å². The van der Waals surface area contributed by atoms with Gasteiger partial charge in [0.25, 0.3) is 0 Å². The summed E-state index contributed by atoms with van der Waals surface area (Å²) in [5.41, 5.74) is 1.49. The molecule has 0 amide bonds. The molecule has 8 heteroatoms. The van der Waals surface area contributed by atoms with Gasteiger partial charge in [-0.2, -0.15) is 0 Å². The number of allylic oxidation sites excluding steroid dienone is 4. The van der Waals surface area contributed by atoms with Crippen LogP contribution in [-0.4, -0.2) is 86.3 Å². The van der Waals surface area contributed by atoms with Gasteiger partial charge in [0.05, 0.1) is 24.9 Å². The van der Waals surface area contributed by atoms with Crippen LogP contribution in [0.15, 0.2) is 23.3 Å². The molecule has 1 aliphatic heterocycles. The van der Waals surface area contributed by atoms with Crippen LogP contribution in [-0.2, 0) is 9.47 Å². The summed E-state index contributed by atoms with van der Waals surface area (Å²) in [6.07, 6.45) is 2.23. The van der Waals surface area contributed by atoms with Crippen LogP contribution in [0, 0.1) is 45.3 Å². The minimum absolute atomic E-state index is 0.112. The van der Waals surface area contributed by atoms with Crippen LogP contribution in [0.1, 0.15) is 100 Å². The van der Waals surface area contributed by atoms with Crippen LogP contribution in [0.4, 0.5) is 0 Å². The maximum Gasteiger partial charge on any atom is 0.186 e. The fraction of sp³-hybridized carbons (Fsp3) is 0.889. The van der Waals surface area contributed by atoms with Gasteiger partial charge in [0.2, 0.25) is 0 Å². The zero-order valence-electron chi connectivity index (χ0n) is 28.2. The van der Waals surface area contributed by atoms with Gasteiger partial charge in [-0.3, -0.25) is 0 Å². The average molecular weight is 621 g/mol. The Morgan fingerprint density at radius 1 is 0.864 bits per heavy atom. The summed E-state index contributed by atoms with van der Waals surface area (Å²) in [6.45, 7) is 17.2. The summed E-state index contributed by atoms with van der Waals surface area (Å²) in [6, 6.07) is 0. The van der Waals surface area contributed by atoms with Gasteiger partial charge in [0.1, 0.15) is 24.4 Å². The predicted octanol–water partition coefficient (Wildman–Crippen LogP) is 4.10. The second-order valence-electron chi connectivity index (χ2n) is 16.8. The minimum atomic E-state index is -1.52. The number of aliphatic hydroxyl groups excluding tert-OH is 6. The number of aliphatic hydroxyl groups is 6. The molecule has 0 aromatic carbocycles. The van der Waals surface area contributed by atoms with E-state index in [1.165, 1.54) is 11.1 Å². The largest absolute Gasteiger partial charge is 0.394 e. The van der Waals surface area contributed by atoms with Crippen LogP contribution in [0.5, 0.6) is 0 Å². The van der Waals surface area contributed by atoms with Crippen molar-refractivity contribution in [2.75, 3.05) is 6.61 Å². The zero-order chi connectivity index (χ0) is 32.6. The highest BCUT2D eigenvalue weighted by Crippen LogP contribution is 2.76. The molecule has 252 valence electrons. The molecular formula is C36H60O8. The summed E-state index contributed by atoms with van der Waals surface area (Å²) >= 11 is 0. The first-order valence-electron chi connectivity index (χ1n) is 17.1. The summed E-state index contributed by atoms with van der Waals surface area (Å²) in [7, 11) is 0. The van der Waals surface area contributed by atoms with Gasteiger partial charge < -0.3 is 40.1 Å². The predicted molar refractivity (Wildman–Crippen MR) is 168 cm³/mol. The van der Waals surface area contributed by atoms with Crippen molar-refractivity contribution in [3.8, 4) is 0 Å². The first-order valence-corrected chi connectivity index (χ1v) is 17.1. The molecule has 0 aromatic heterocycles. The summed E-state index contributed by atoms with van der Waals surface area (Å²) in [5, 5.41) is 65.2. The maximum absolute atomic E-state index is 12.0. The molecule has 6 N–H and O–H groups in total. The molecule has 0 bridgehead atoms. The van der Waals surface area contributed by atoms with E-state index < -0.39 is 61.0 Å². The van der Waals surface area contributed by atoms with Gasteiger partial charge in [0.15, 0.2) is 6.29 Å². The molecular weight excluding hydrogens is 560 g/mol. The Bertz CT molecular complexity index is 1110. The van der Waals surface area contributed by atoms with E-state index in [0.717, 1.165) is 25.7 Å². The molecule has 8 nitrogen and oxygen atoms in total. The molecule has 44 heavy (non-hydrogen) atoms. The van der Waals surface area contributed by atoms with E-state index in [1.807, 2.05) is 0 Å². The summed E-state index contributed by atoms with van der Waals surface area (Å²) in [5.74, 6) is 0.506. The summed E-state index contributed by atoms with van der Waals surface area (Å²) < 4.78 is 12.6. The van der Waals surface area contributed by atoms with E-state index in [1.54, 1.807) is 0 Å². The first kappa shape index (κ1) is 34.5. The third kappa shape index (κ3) is 5.18. The number of rotatable bonds is 6. The molecule has 1 saturated heterocycles. The third-order valence-electron chi connectivity index (χ3n) is 13.9. The second-order valence-corrected chi connectivity index (χ2v) is 16.8. The molecule has 4 saturated carbocycles. The van der Waals surface area contributed by atoms with Gasteiger partial charge in [-0.25, -0.2) is 0 Å². The zero-order valence-corrected chi connectivity index (χ0v) is 28.2. The Labute approximate surface area is 264 Å². The first-order chi connectivity index (χ1) is 20.4. The van der Waals surface area contributed by atoms with E-state index in [-0.39, 0.29) is 34.0 Å². The molecule has 0 spiro atoms. The normalized spacial score (nSPS) is 52.1. The lowest BCUT2D eigenvalue weighted by atomic mass is 9.34. The molecule has 1 heterocycles. The van der Waals surface area contributed by atoms with Crippen molar-refractivity contribution in [2.45, 2.75) is 149 Å². The average Bonchev–Trinajstić information content (AvgIpc) is 3.32. The fourth-order valence-corrected chi connectivity index (χ4v) is 11.5. The van der Waals surface area contributed by atoms with Crippen molar-refractivity contribution in [3.05, 3.63) is 23.3 Å². The van der Waals surface area contributed by atoms with Gasteiger partial charge in [-0.1, -0.05) is 57.9 Å². The topological polar surface area (TPSA) is 140 Å². The van der Waals surface area contributed by atoms with E-state index >= 15 is 0 Å². The Balaban J connectivity index is 1.55. The number of hydrogen-bond acceptors (Lipinski definition) is 8. The molecule has 5 aliphatic rings. The molecule has 0 aromatic rings. The molecule has 5 fully saturated rings. The van der Waals surface area contributed by atoms with E-state index in [4.69, 9.17) is 9.47 Å². The third-order valence-corrected chi connectivity index (χ3v) is 13.9. The van der Waals surface area contributed by atoms with Crippen molar-refractivity contribution in [1.82, 2.24) is 0 Å². The van der Waals surface area contributed by atoms with Crippen molar-refractivity contribution < 1.29 is 40.1 Å². The smallest absolute Gasteiger partial charge is 0.186 e. The van der Waals surface area contributed by atoms with Crippen LogP contribution in [0.25, 0.3) is 0 Å². The molecule has 4 aliphatic carbocycles. The van der Waals surface area contributed by atoms with E-state index in [0.29, 0.717) is 25.2 Å². The van der Waals surface area contributed by atoms with Crippen LogP contribution >= 0.6 is 0 Å². The van der Waals surface area contributed by atoms with Crippen LogP contribution in [0.3, 0.4) is 0 Å². The minimum Gasteiger partial charge on any atom is -0.394 e. The van der Waals surface area contributed by atoms with E-state index in [2.05, 4.69) is 67.5 Å². The molecule has 15 atom stereocenters. The SMILES string of the molecule is CC(C)=CC/C=C(/C)[C@H]1CC[C@]2(C)[C@@H]1[C@H](O)C[C@@H]1[C@@]3(C)CC[C@H](O)C(C)(C)[C@@H]3[C@@H](OC3O[C@H](CO)[C@@H](O)[C@H](O)[C@H]3O)C[C@]12C. The van der Waals surface area contributed by atoms with Crippen LogP contribution in [0.2, 0.25) is 0 Å².